The minimum absolute atomic E-state index is 0.219. The summed E-state index contributed by atoms with van der Waals surface area (Å²) in [5.41, 5.74) is -0.224. The monoisotopic (exact) mass is 171 g/mol. The molecular weight excluding hydrogens is 150 g/mol. The average Bonchev–Trinajstić information content (AvgIpc) is 2.01. The van der Waals surface area contributed by atoms with Crippen molar-refractivity contribution in [1.29, 1.82) is 0 Å². The third kappa shape index (κ3) is 2.23. The van der Waals surface area contributed by atoms with Crippen molar-refractivity contribution in [3.63, 3.8) is 0 Å². The molecule has 1 unspecified atom stereocenters. The number of hydrogen-bond donors (Lipinski definition) is 0. The molecule has 0 aliphatic heterocycles. The molecule has 0 saturated carbocycles. The van der Waals surface area contributed by atoms with Gasteiger partial charge in [0.2, 0.25) is 5.91 Å². The van der Waals surface area contributed by atoms with Crippen LogP contribution < -0.4 is 0 Å². The van der Waals surface area contributed by atoms with Crippen molar-refractivity contribution in [1.82, 2.24) is 4.90 Å². The van der Waals surface area contributed by atoms with Crippen LogP contribution in [0.15, 0.2) is 0 Å². The predicted octanol–water partition coefficient (Wildman–Crippen LogP) is 2.15. The van der Waals surface area contributed by atoms with Gasteiger partial charge in [-0.15, -0.1) is 0 Å². The zero-order valence-corrected chi connectivity index (χ0v) is 9.14. The Hall–Kier alpha value is -0.530. The van der Waals surface area contributed by atoms with E-state index >= 15 is 0 Å². The summed E-state index contributed by atoms with van der Waals surface area (Å²) < 4.78 is 0. The molecule has 0 N–H and O–H groups in total. The third-order valence-corrected chi connectivity index (χ3v) is 2.80. The summed E-state index contributed by atoms with van der Waals surface area (Å²) in [4.78, 5) is 13.4. The fourth-order valence-corrected chi connectivity index (χ4v) is 1.30. The first-order chi connectivity index (χ1) is 5.34. The first-order valence-electron chi connectivity index (χ1n) is 4.55. The number of amides is 1. The van der Waals surface area contributed by atoms with Gasteiger partial charge < -0.3 is 4.90 Å². The van der Waals surface area contributed by atoms with E-state index in [-0.39, 0.29) is 11.3 Å². The highest BCUT2D eigenvalue weighted by Gasteiger charge is 2.33. The fourth-order valence-electron chi connectivity index (χ4n) is 1.30. The van der Waals surface area contributed by atoms with E-state index < -0.39 is 0 Å². The molecule has 72 valence electrons. The summed E-state index contributed by atoms with van der Waals surface area (Å²) in [6, 6.07) is 0. The van der Waals surface area contributed by atoms with Crippen LogP contribution in [0.1, 0.15) is 34.1 Å². The summed E-state index contributed by atoms with van der Waals surface area (Å²) in [7, 11) is 3.62. The number of rotatable bonds is 3. The van der Waals surface area contributed by atoms with Crippen molar-refractivity contribution < 1.29 is 4.79 Å². The molecule has 0 aliphatic rings. The molecule has 0 aromatic carbocycles. The Balaban J connectivity index is 4.49. The van der Waals surface area contributed by atoms with Crippen molar-refractivity contribution in [3.8, 4) is 0 Å². The average molecular weight is 171 g/mol. The highest BCUT2D eigenvalue weighted by Crippen LogP contribution is 2.30. The van der Waals surface area contributed by atoms with E-state index in [0.29, 0.717) is 5.92 Å². The Labute approximate surface area is 75.9 Å². The second-order valence-corrected chi connectivity index (χ2v) is 4.23. The first-order valence-corrected chi connectivity index (χ1v) is 4.55. The molecule has 0 rings (SSSR count). The minimum atomic E-state index is -0.224. The Morgan fingerprint density at radius 1 is 1.42 bits per heavy atom. The second-order valence-electron chi connectivity index (χ2n) is 4.23. The maximum absolute atomic E-state index is 11.7. The fraction of sp³-hybridized carbons (Fsp3) is 0.900. The van der Waals surface area contributed by atoms with Gasteiger partial charge in [-0.1, -0.05) is 34.1 Å². The van der Waals surface area contributed by atoms with Gasteiger partial charge in [-0.3, -0.25) is 4.79 Å². The molecule has 0 saturated heterocycles. The lowest BCUT2D eigenvalue weighted by atomic mass is 9.77. The maximum Gasteiger partial charge on any atom is 0.227 e. The molecule has 0 fully saturated rings. The van der Waals surface area contributed by atoms with E-state index in [1.807, 2.05) is 27.9 Å². The standard InChI is InChI=1S/C10H21NO/c1-7-8(2)10(3,4)9(12)11(5)6/h8H,7H2,1-6H3. The Morgan fingerprint density at radius 2 is 1.83 bits per heavy atom. The van der Waals surface area contributed by atoms with Crippen LogP contribution in [-0.2, 0) is 4.79 Å². The maximum atomic E-state index is 11.7. The van der Waals surface area contributed by atoms with E-state index in [1.54, 1.807) is 4.90 Å². The van der Waals surface area contributed by atoms with Gasteiger partial charge in [0.1, 0.15) is 0 Å². The lowest BCUT2D eigenvalue weighted by molar-refractivity contribution is -0.140. The van der Waals surface area contributed by atoms with Crippen LogP contribution in [0.5, 0.6) is 0 Å². The molecule has 2 nitrogen and oxygen atoms in total. The Morgan fingerprint density at radius 3 is 2.08 bits per heavy atom. The van der Waals surface area contributed by atoms with Gasteiger partial charge in [0.15, 0.2) is 0 Å². The molecular formula is C10H21NO. The van der Waals surface area contributed by atoms with Crippen molar-refractivity contribution in [2.24, 2.45) is 11.3 Å². The Kier molecular flexibility index (Phi) is 3.75. The lowest BCUT2D eigenvalue weighted by Crippen LogP contribution is -2.40. The summed E-state index contributed by atoms with van der Waals surface area (Å²) in [5.74, 6) is 0.657. The molecule has 12 heavy (non-hydrogen) atoms. The smallest absolute Gasteiger partial charge is 0.227 e. The molecule has 0 aliphatic carbocycles. The van der Waals surface area contributed by atoms with Crippen molar-refractivity contribution >= 4 is 5.91 Å². The summed E-state index contributed by atoms with van der Waals surface area (Å²) in [6.45, 7) is 8.28. The van der Waals surface area contributed by atoms with E-state index in [2.05, 4.69) is 13.8 Å². The van der Waals surface area contributed by atoms with E-state index in [0.717, 1.165) is 6.42 Å². The number of nitrogens with zero attached hydrogens (tertiary/aromatic N) is 1. The van der Waals surface area contributed by atoms with Gasteiger partial charge in [-0.05, 0) is 5.92 Å². The van der Waals surface area contributed by atoms with E-state index in [4.69, 9.17) is 0 Å². The second kappa shape index (κ2) is 3.92. The number of carbonyl (C=O) groups is 1. The zero-order chi connectivity index (χ0) is 9.94. The van der Waals surface area contributed by atoms with Crippen LogP contribution in [0.3, 0.4) is 0 Å². The predicted molar refractivity (Wildman–Crippen MR) is 51.9 cm³/mol. The van der Waals surface area contributed by atoms with Crippen molar-refractivity contribution in [3.05, 3.63) is 0 Å². The van der Waals surface area contributed by atoms with Crippen LogP contribution >= 0.6 is 0 Å². The first kappa shape index (κ1) is 11.5. The number of carbonyl (C=O) groups excluding carboxylic acids is 1. The highest BCUT2D eigenvalue weighted by molar-refractivity contribution is 5.81. The molecule has 2 heteroatoms. The summed E-state index contributed by atoms with van der Waals surface area (Å²) in [6.07, 6.45) is 1.05. The molecule has 0 bridgehead atoms. The largest absolute Gasteiger partial charge is 0.348 e. The third-order valence-electron chi connectivity index (χ3n) is 2.80. The SMILES string of the molecule is CCC(C)C(C)(C)C(=O)N(C)C. The van der Waals surface area contributed by atoms with Crippen LogP contribution in [0.25, 0.3) is 0 Å². The number of hydrogen-bond acceptors (Lipinski definition) is 1. The lowest BCUT2D eigenvalue weighted by Gasteiger charge is -2.32. The summed E-state index contributed by atoms with van der Waals surface area (Å²) in [5, 5.41) is 0. The molecule has 1 atom stereocenters. The summed E-state index contributed by atoms with van der Waals surface area (Å²) >= 11 is 0. The van der Waals surface area contributed by atoms with E-state index in [1.165, 1.54) is 0 Å². The molecule has 0 heterocycles. The molecule has 1 amide bonds. The highest BCUT2D eigenvalue weighted by atomic mass is 16.2. The van der Waals surface area contributed by atoms with Gasteiger partial charge in [0.25, 0.3) is 0 Å². The Bertz CT molecular complexity index is 161. The van der Waals surface area contributed by atoms with Gasteiger partial charge in [0.05, 0.1) is 0 Å². The van der Waals surface area contributed by atoms with E-state index in [9.17, 15) is 4.79 Å². The zero-order valence-electron chi connectivity index (χ0n) is 9.14. The van der Waals surface area contributed by atoms with Crippen LogP contribution in [0.2, 0.25) is 0 Å². The van der Waals surface area contributed by atoms with Gasteiger partial charge in [-0.2, -0.15) is 0 Å². The minimum Gasteiger partial charge on any atom is -0.348 e. The normalized spacial score (nSPS) is 14.2. The topological polar surface area (TPSA) is 20.3 Å². The van der Waals surface area contributed by atoms with Gasteiger partial charge in [0, 0.05) is 19.5 Å². The van der Waals surface area contributed by atoms with Gasteiger partial charge >= 0.3 is 0 Å². The van der Waals surface area contributed by atoms with Crippen LogP contribution in [0, 0.1) is 11.3 Å². The van der Waals surface area contributed by atoms with Crippen LogP contribution in [-0.4, -0.2) is 24.9 Å². The molecule has 0 aromatic rings. The van der Waals surface area contributed by atoms with Crippen LogP contribution in [0.4, 0.5) is 0 Å². The van der Waals surface area contributed by atoms with Crippen molar-refractivity contribution in [2.75, 3.05) is 14.1 Å². The van der Waals surface area contributed by atoms with Crippen molar-refractivity contribution in [2.45, 2.75) is 34.1 Å². The quantitative estimate of drug-likeness (QED) is 0.637. The molecule has 0 radical (unpaired) electrons. The molecule has 0 aromatic heterocycles. The molecule has 0 spiro atoms. The van der Waals surface area contributed by atoms with Gasteiger partial charge in [-0.25, -0.2) is 0 Å².